The molecule has 0 aliphatic carbocycles. The van der Waals surface area contributed by atoms with E-state index in [-0.39, 0.29) is 6.54 Å². The van der Waals surface area contributed by atoms with E-state index >= 15 is 0 Å². The molecular formula is C24H26F3N7O3. The molecule has 3 heterocycles. The maximum Gasteiger partial charge on any atom is 0.471 e. The van der Waals surface area contributed by atoms with Gasteiger partial charge in [0.1, 0.15) is 17.8 Å². The zero-order valence-corrected chi connectivity index (χ0v) is 20.9. The first kappa shape index (κ1) is 27.5. The van der Waals surface area contributed by atoms with Crippen LogP contribution in [0.15, 0.2) is 12.4 Å². The molecule has 13 heteroatoms. The van der Waals surface area contributed by atoms with E-state index in [1.54, 1.807) is 37.1 Å². The summed E-state index contributed by atoms with van der Waals surface area (Å²) in [6.07, 6.45) is -2.16. The number of pyridine rings is 1. The molecule has 0 radical (unpaired) electrons. The molecule has 2 aromatic rings. The number of carbonyl (C=O) groups is 3. The molecule has 0 spiro atoms. The van der Waals surface area contributed by atoms with Crippen LogP contribution >= 0.6 is 0 Å². The summed E-state index contributed by atoms with van der Waals surface area (Å²) in [5.74, 6) is 1.46. The van der Waals surface area contributed by atoms with Crippen molar-refractivity contribution in [3.8, 4) is 17.9 Å². The van der Waals surface area contributed by atoms with Crippen molar-refractivity contribution in [2.75, 3.05) is 13.1 Å². The Labute approximate surface area is 211 Å². The Hall–Kier alpha value is -4.13. The van der Waals surface area contributed by atoms with E-state index in [4.69, 9.17) is 0 Å². The summed E-state index contributed by atoms with van der Waals surface area (Å²) in [7, 11) is 1.69. The van der Waals surface area contributed by atoms with E-state index in [0.717, 1.165) is 4.90 Å². The van der Waals surface area contributed by atoms with Crippen LogP contribution in [-0.2, 0) is 21.4 Å². The number of aromatic nitrogens is 3. The lowest BCUT2D eigenvalue weighted by atomic mass is 9.80. The maximum absolute atomic E-state index is 13.5. The molecule has 1 aliphatic rings. The number of aryl methyl sites for hydroxylation is 1. The Kier molecular flexibility index (Phi) is 7.49. The number of fused-ring (bicyclic) bond motifs is 1. The zero-order chi connectivity index (χ0) is 27.7. The number of nitrogens with one attached hydrogen (secondary N) is 2. The third-order valence-electron chi connectivity index (χ3n) is 6.63. The molecule has 1 saturated heterocycles. The lowest BCUT2D eigenvalue weighted by molar-refractivity contribution is -0.174. The fourth-order valence-corrected chi connectivity index (χ4v) is 4.40. The molecule has 1 fully saturated rings. The smallest absolute Gasteiger partial charge is 0.339 e. The third-order valence-corrected chi connectivity index (χ3v) is 6.63. The first-order chi connectivity index (χ1) is 17.2. The van der Waals surface area contributed by atoms with Gasteiger partial charge in [0.2, 0.25) is 11.8 Å². The van der Waals surface area contributed by atoms with E-state index in [9.17, 15) is 32.8 Å². The van der Waals surface area contributed by atoms with E-state index in [0.29, 0.717) is 22.2 Å². The number of likely N-dealkylation sites (tertiary alicyclic amines) is 1. The summed E-state index contributed by atoms with van der Waals surface area (Å²) in [6, 6.07) is -0.227. The molecular weight excluding hydrogens is 491 g/mol. The summed E-state index contributed by atoms with van der Waals surface area (Å²) < 4.78 is 39.2. The lowest BCUT2D eigenvalue weighted by Gasteiger charge is -2.27. The van der Waals surface area contributed by atoms with Gasteiger partial charge in [0.15, 0.2) is 0 Å². The molecule has 0 saturated carbocycles. The molecule has 3 rings (SSSR count). The Morgan fingerprint density at radius 1 is 1.30 bits per heavy atom. The minimum atomic E-state index is -5.14. The Morgan fingerprint density at radius 2 is 1.97 bits per heavy atom. The van der Waals surface area contributed by atoms with Crippen molar-refractivity contribution in [2.24, 2.45) is 18.4 Å². The third kappa shape index (κ3) is 5.35. The first-order valence-corrected chi connectivity index (χ1v) is 11.3. The standard InChI is InChI=1S/C24H26F3N7O3/c1-6-7-15-19-14(9-29-10-17(19)33(5)32-15)16(8-28)31-21(36)20-13(2)23(3,4)12-34(20)18(35)11-30-22(37)24(25,26)27/h9-10,13,16,20H,11-12H2,1-5H3,(H,30,37)(H,31,36)/t13-,16?,20?/m0/s1. The van der Waals surface area contributed by atoms with Gasteiger partial charge in [-0.05, 0) is 24.2 Å². The molecule has 0 bridgehead atoms. The highest BCUT2D eigenvalue weighted by molar-refractivity contribution is 5.93. The van der Waals surface area contributed by atoms with Gasteiger partial charge in [-0.15, -0.1) is 0 Å². The molecule has 2 N–H and O–H groups in total. The average Bonchev–Trinajstić information content (AvgIpc) is 3.27. The van der Waals surface area contributed by atoms with E-state index < -0.39 is 53.9 Å². The van der Waals surface area contributed by atoms with Gasteiger partial charge < -0.3 is 15.5 Å². The molecule has 2 unspecified atom stereocenters. The summed E-state index contributed by atoms with van der Waals surface area (Å²) >= 11 is 0. The normalized spacial score (nSPS) is 19.5. The molecule has 3 atom stereocenters. The van der Waals surface area contributed by atoms with Crippen LogP contribution in [0.4, 0.5) is 13.2 Å². The zero-order valence-electron chi connectivity index (χ0n) is 20.9. The van der Waals surface area contributed by atoms with Gasteiger partial charge in [0.25, 0.3) is 0 Å². The van der Waals surface area contributed by atoms with Crippen LogP contribution in [0, 0.1) is 34.5 Å². The summed E-state index contributed by atoms with van der Waals surface area (Å²) in [5.41, 5.74) is 0.791. The summed E-state index contributed by atoms with van der Waals surface area (Å²) in [4.78, 5) is 42.7. The van der Waals surface area contributed by atoms with E-state index in [1.807, 2.05) is 19.9 Å². The minimum Gasteiger partial charge on any atom is -0.339 e. The number of alkyl halides is 3. The van der Waals surface area contributed by atoms with E-state index in [2.05, 4.69) is 27.2 Å². The number of rotatable bonds is 5. The molecule has 10 nitrogen and oxygen atoms in total. The lowest BCUT2D eigenvalue weighted by Crippen LogP contribution is -2.52. The number of halogens is 3. The topological polar surface area (TPSA) is 133 Å². The second kappa shape index (κ2) is 10.1. The van der Waals surface area contributed by atoms with Gasteiger partial charge in [0, 0.05) is 30.7 Å². The van der Waals surface area contributed by atoms with Crippen molar-refractivity contribution < 1.29 is 27.6 Å². The minimum absolute atomic E-state index is 0.0696. The highest BCUT2D eigenvalue weighted by atomic mass is 19.4. The maximum atomic E-state index is 13.5. The van der Waals surface area contributed by atoms with Crippen LogP contribution < -0.4 is 10.6 Å². The molecule has 196 valence electrons. The van der Waals surface area contributed by atoms with Crippen molar-refractivity contribution >= 4 is 28.6 Å². The van der Waals surface area contributed by atoms with Crippen molar-refractivity contribution in [1.82, 2.24) is 30.3 Å². The Morgan fingerprint density at radius 3 is 2.57 bits per heavy atom. The number of amides is 3. The highest BCUT2D eigenvalue weighted by Gasteiger charge is 2.50. The number of nitriles is 1. The largest absolute Gasteiger partial charge is 0.471 e. The second-order valence-corrected chi connectivity index (χ2v) is 9.46. The molecule has 0 aromatic carbocycles. The predicted octanol–water partition coefficient (Wildman–Crippen LogP) is 1.57. The van der Waals surface area contributed by atoms with Crippen molar-refractivity contribution in [3.05, 3.63) is 23.7 Å². The highest BCUT2D eigenvalue weighted by Crippen LogP contribution is 2.40. The fraction of sp³-hybridized carbons (Fsp3) is 0.500. The van der Waals surface area contributed by atoms with Gasteiger partial charge in [-0.2, -0.15) is 23.5 Å². The van der Waals surface area contributed by atoms with Crippen LogP contribution in [0.1, 0.15) is 45.0 Å². The van der Waals surface area contributed by atoms with Crippen molar-refractivity contribution in [3.63, 3.8) is 0 Å². The van der Waals surface area contributed by atoms with Crippen LogP contribution in [0.2, 0.25) is 0 Å². The number of hydrogen-bond acceptors (Lipinski definition) is 6. The number of hydrogen-bond donors (Lipinski definition) is 2. The molecule has 1 aliphatic heterocycles. The van der Waals surface area contributed by atoms with E-state index in [1.165, 1.54) is 6.20 Å². The Balaban J connectivity index is 1.90. The van der Waals surface area contributed by atoms with Crippen LogP contribution in [0.25, 0.3) is 10.9 Å². The quantitative estimate of drug-likeness (QED) is 0.579. The second-order valence-electron chi connectivity index (χ2n) is 9.46. The fourth-order valence-electron chi connectivity index (χ4n) is 4.40. The molecule has 2 aromatic heterocycles. The monoisotopic (exact) mass is 517 g/mol. The number of nitrogens with zero attached hydrogens (tertiary/aromatic N) is 5. The summed E-state index contributed by atoms with van der Waals surface area (Å²) in [5, 5.41) is 19.0. The molecule has 3 amide bonds. The van der Waals surface area contributed by atoms with Gasteiger partial charge in [-0.1, -0.05) is 26.7 Å². The molecule has 37 heavy (non-hydrogen) atoms. The van der Waals surface area contributed by atoms with Crippen molar-refractivity contribution in [2.45, 2.75) is 46.0 Å². The van der Waals surface area contributed by atoms with Crippen LogP contribution in [0.3, 0.4) is 0 Å². The van der Waals surface area contributed by atoms with Crippen molar-refractivity contribution in [1.29, 1.82) is 5.26 Å². The van der Waals surface area contributed by atoms with Crippen LogP contribution in [0.5, 0.6) is 0 Å². The predicted molar refractivity (Wildman–Crippen MR) is 125 cm³/mol. The first-order valence-electron chi connectivity index (χ1n) is 11.3. The average molecular weight is 518 g/mol. The number of carbonyl (C=O) groups excluding carboxylic acids is 3. The summed E-state index contributed by atoms with van der Waals surface area (Å²) in [6.45, 7) is 6.15. The van der Waals surface area contributed by atoms with Gasteiger partial charge in [-0.3, -0.25) is 24.0 Å². The Bertz CT molecular complexity index is 1350. The SMILES string of the molecule is CC#Cc1nn(C)c2cncc(C(C#N)NC(=O)C3[C@H](C)C(C)(C)CN3C(=O)CNC(=O)C(F)(F)F)c12. The van der Waals surface area contributed by atoms with Gasteiger partial charge in [-0.25, -0.2) is 0 Å². The van der Waals surface area contributed by atoms with Gasteiger partial charge >= 0.3 is 12.1 Å². The van der Waals surface area contributed by atoms with Crippen LogP contribution in [-0.4, -0.2) is 62.7 Å². The van der Waals surface area contributed by atoms with Gasteiger partial charge in [0.05, 0.1) is 24.3 Å².